The van der Waals surface area contributed by atoms with Crippen molar-refractivity contribution in [1.29, 1.82) is 0 Å². The maximum absolute atomic E-state index is 14.4. The Morgan fingerprint density at radius 2 is 1.55 bits per heavy atom. The van der Waals surface area contributed by atoms with Crippen molar-refractivity contribution in [2.75, 3.05) is 0 Å². The van der Waals surface area contributed by atoms with Crippen LogP contribution in [0.1, 0.15) is 113 Å². The molecule has 0 heterocycles. The van der Waals surface area contributed by atoms with Gasteiger partial charge in [0.2, 0.25) is 5.91 Å². The lowest BCUT2D eigenvalue weighted by atomic mass is 9.33. The normalized spacial score (nSPS) is 47.5. The van der Waals surface area contributed by atoms with Crippen molar-refractivity contribution in [3.8, 4) is 0 Å². The Morgan fingerprint density at radius 1 is 0.900 bits per heavy atom. The van der Waals surface area contributed by atoms with Crippen LogP contribution in [-0.4, -0.2) is 39.9 Å². The zero-order valence-corrected chi connectivity index (χ0v) is 25.5. The van der Waals surface area contributed by atoms with E-state index in [1.54, 1.807) is 0 Å². The molecule has 0 bridgehead atoms. The molecule has 4 fully saturated rings. The van der Waals surface area contributed by atoms with E-state index in [1.807, 2.05) is 13.0 Å². The summed E-state index contributed by atoms with van der Waals surface area (Å²) in [5.41, 5.74) is -0.445. The average molecular weight is 556 g/mol. The summed E-state index contributed by atoms with van der Waals surface area (Å²) in [5.74, 6) is -1.92. The number of carbonyl (C=O) groups is 4. The third-order valence-corrected chi connectivity index (χ3v) is 13.8. The molecule has 0 radical (unpaired) electrons. The number of aliphatic carboxylic acids is 2. The number of allylic oxidation sites excluding steroid dienone is 2. The molecule has 0 aromatic heterocycles. The summed E-state index contributed by atoms with van der Waals surface area (Å²) in [7, 11) is 0. The second-order valence-corrected chi connectivity index (χ2v) is 16.1. The maximum Gasteiger partial charge on any atom is 0.312 e. The van der Waals surface area contributed by atoms with Gasteiger partial charge in [-0.1, -0.05) is 47.1 Å². The molecular formula is C33H49NO6. The largest absolute Gasteiger partial charge is 0.481 e. The third-order valence-electron chi connectivity index (χ3n) is 13.8. The molecule has 222 valence electrons. The van der Waals surface area contributed by atoms with Gasteiger partial charge < -0.3 is 15.5 Å². The fourth-order valence-electron chi connectivity index (χ4n) is 11.0. The van der Waals surface area contributed by atoms with Gasteiger partial charge in [0.25, 0.3) is 0 Å². The number of carboxylic acids is 2. The van der Waals surface area contributed by atoms with Crippen molar-refractivity contribution < 1.29 is 29.4 Å². The smallest absolute Gasteiger partial charge is 0.312 e. The van der Waals surface area contributed by atoms with Gasteiger partial charge in [-0.25, -0.2) is 0 Å². The highest BCUT2D eigenvalue weighted by atomic mass is 16.4. The van der Waals surface area contributed by atoms with Crippen LogP contribution in [0.25, 0.3) is 0 Å². The van der Waals surface area contributed by atoms with Gasteiger partial charge in [0.05, 0.1) is 5.41 Å². The zero-order chi connectivity index (χ0) is 29.7. The van der Waals surface area contributed by atoms with Gasteiger partial charge in [-0.2, -0.15) is 0 Å². The van der Waals surface area contributed by atoms with E-state index in [0.29, 0.717) is 12.8 Å². The number of rotatable bonds is 4. The number of amides is 1. The van der Waals surface area contributed by atoms with Crippen LogP contribution in [0.15, 0.2) is 11.6 Å². The van der Waals surface area contributed by atoms with E-state index in [-0.39, 0.29) is 56.7 Å². The first-order chi connectivity index (χ1) is 18.3. The molecule has 0 aromatic carbocycles. The van der Waals surface area contributed by atoms with Crippen molar-refractivity contribution in [1.82, 2.24) is 5.32 Å². The van der Waals surface area contributed by atoms with Crippen LogP contribution < -0.4 is 5.32 Å². The van der Waals surface area contributed by atoms with E-state index < -0.39 is 29.7 Å². The second-order valence-electron chi connectivity index (χ2n) is 16.1. The second kappa shape index (κ2) is 8.91. The van der Waals surface area contributed by atoms with E-state index in [2.05, 4.69) is 46.9 Å². The molecule has 2 unspecified atom stereocenters. The Bertz CT molecular complexity index is 1190. The Balaban J connectivity index is 1.52. The van der Waals surface area contributed by atoms with Gasteiger partial charge in [-0.05, 0) is 110 Å². The SMILES string of the molecule is CC1(C)C2CC[C@]3(C)C(C(=O)C=C4[C@@H]5C[C@@](C)(C(=O)O)CC[C@]5(C)CC[C@]43C)[C@@]2(C)CC[C@@H]1NC(=O)CC(=O)O. The lowest BCUT2D eigenvalue weighted by Gasteiger charge is -2.70. The highest BCUT2D eigenvalue weighted by molar-refractivity contribution is 5.96. The number of nitrogens with one attached hydrogen (secondary N) is 1. The van der Waals surface area contributed by atoms with Crippen LogP contribution in [0, 0.1) is 50.2 Å². The summed E-state index contributed by atoms with van der Waals surface area (Å²) in [5, 5.41) is 22.2. The standard InChI is InChI=1S/C33H49NO6/c1-28(2)22-8-11-33(7)26(31(22,5)10-9-23(28)34-24(36)17-25(37)38)21(35)16-19-20-18-30(4,27(39)40)13-12-29(20,3)14-15-32(19,33)6/h16,20,22-23,26H,8-15,17-18H2,1-7H3,(H,34,36)(H,37,38)(H,39,40)/t20-,22?,23-,26?,29+,30-,31-,32+,33+/m0/s1. The summed E-state index contributed by atoms with van der Waals surface area (Å²) >= 11 is 0. The average Bonchev–Trinajstić information content (AvgIpc) is 2.82. The fraction of sp³-hybridized carbons (Fsp3) is 0.818. The lowest BCUT2D eigenvalue weighted by Crippen LogP contribution is -2.67. The van der Waals surface area contributed by atoms with Crippen molar-refractivity contribution in [2.24, 2.45) is 50.2 Å². The summed E-state index contributed by atoms with van der Waals surface area (Å²) in [6.07, 6.45) is 9.08. The number of fused-ring (bicyclic) bond motifs is 7. The van der Waals surface area contributed by atoms with Gasteiger partial charge in [-0.15, -0.1) is 0 Å². The number of hydrogen-bond donors (Lipinski definition) is 3. The van der Waals surface area contributed by atoms with Gasteiger partial charge in [0, 0.05) is 12.0 Å². The maximum atomic E-state index is 14.4. The lowest BCUT2D eigenvalue weighted by molar-refractivity contribution is -0.190. The summed E-state index contributed by atoms with van der Waals surface area (Å²) in [4.78, 5) is 50.3. The molecule has 4 saturated carbocycles. The molecule has 0 aromatic rings. The number of carbonyl (C=O) groups excluding carboxylic acids is 2. The molecule has 5 aliphatic rings. The molecule has 0 spiro atoms. The van der Waals surface area contributed by atoms with Gasteiger partial charge in [0.1, 0.15) is 6.42 Å². The molecule has 40 heavy (non-hydrogen) atoms. The van der Waals surface area contributed by atoms with Crippen molar-refractivity contribution >= 4 is 23.6 Å². The predicted octanol–water partition coefficient (Wildman–Crippen LogP) is 6.01. The molecule has 3 N–H and O–H groups in total. The fourth-order valence-corrected chi connectivity index (χ4v) is 11.0. The zero-order valence-electron chi connectivity index (χ0n) is 25.5. The minimum absolute atomic E-state index is 0.0269. The van der Waals surface area contributed by atoms with E-state index in [4.69, 9.17) is 5.11 Å². The molecule has 0 saturated heterocycles. The minimum atomic E-state index is -1.13. The van der Waals surface area contributed by atoms with Crippen LogP contribution in [0.2, 0.25) is 0 Å². The quantitative estimate of drug-likeness (QED) is 0.365. The van der Waals surface area contributed by atoms with Crippen LogP contribution in [0.4, 0.5) is 0 Å². The first-order valence-corrected chi connectivity index (χ1v) is 15.3. The molecule has 5 aliphatic carbocycles. The van der Waals surface area contributed by atoms with Gasteiger partial charge >= 0.3 is 11.9 Å². The van der Waals surface area contributed by atoms with E-state index in [0.717, 1.165) is 44.9 Å². The highest BCUT2D eigenvalue weighted by Gasteiger charge is 2.70. The molecule has 0 aliphatic heterocycles. The monoisotopic (exact) mass is 555 g/mol. The summed E-state index contributed by atoms with van der Waals surface area (Å²) < 4.78 is 0. The van der Waals surface area contributed by atoms with Crippen molar-refractivity contribution in [3.05, 3.63) is 11.6 Å². The van der Waals surface area contributed by atoms with Crippen LogP contribution in [0.3, 0.4) is 0 Å². The van der Waals surface area contributed by atoms with E-state index in [9.17, 15) is 24.3 Å². The Labute approximate surface area is 238 Å². The van der Waals surface area contributed by atoms with Crippen molar-refractivity contribution in [2.45, 2.75) is 119 Å². The van der Waals surface area contributed by atoms with E-state index >= 15 is 0 Å². The van der Waals surface area contributed by atoms with Gasteiger partial charge in [-0.3, -0.25) is 19.2 Å². The predicted molar refractivity (Wildman–Crippen MR) is 151 cm³/mol. The van der Waals surface area contributed by atoms with Crippen LogP contribution in [0.5, 0.6) is 0 Å². The number of ketones is 1. The van der Waals surface area contributed by atoms with Crippen LogP contribution in [-0.2, 0) is 19.2 Å². The van der Waals surface area contributed by atoms with Crippen molar-refractivity contribution in [3.63, 3.8) is 0 Å². The molecule has 5 rings (SSSR count). The first-order valence-electron chi connectivity index (χ1n) is 15.3. The molecule has 7 heteroatoms. The Morgan fingerprint density at radius 3 is 2.17 bits per heavy atom. The van der Waals surface area contributed by atoms with E-state index in [1.165, 1.54) is 5.57 Å². The molecule has 1 amide bonds. The highest BCUT2D eigenvalue weighted by Crippen LogP contribution is 2.75. The number of hydrogen-bond acceptors (Lipinski definition) is 4. The Hall–Kier alpha value is -2.18. The summed E-state index contributed by atoms with van der Waals surface area (Å²) in [6.45, 7) is 15.6. The van der Waals surface area contributed by atoms with Gasteiger partial charge in [0.15, 0.2) is 5.78 Å². The minimum Gasteiger partial charge on any atom is -0.481 e. The topological polar surface area (TPSA) is 121 Å². The summed E-state index contributed by atoms with van der Waals surface area (Å²) in [6, 6.07) is -0.131. The van der Waals surface area contributed by atoms with Crippen LogP contribution >= 0.6 is 0 Å². The third kappa shape index (κ3) is 3.88. The molecule has 9 atom stereocenters. The first kappa shape index (κ1) is 29.3. The Kier molecular flexibility index (Phi) is 6.53. The number of carboxylic acid groups (broad SMARTS) is 2. The molecule has 7 nitrogen and oxygen atoms in total. The molecular weight excluding hydrogens is 506 g/mol.